The number of aliphatic carboxylic acids is 2. The Bertz CT molecular complexity index is 1190. The Morgan fingerprint density at radius 1 is 0.921 bits per heavy atom. The van der Waals surface area contributed by atoms with Gasteiger partial charge in [0.1, 0.15) is 0 Å². The molecule has 0 spiro atoms. The molecule has 1 saturated heterocycles. The summed E-state index contributed by atoms with van der Waals surface area (Å²) in [6.07, 6.45) is 5.09. The summed E-state index contributed by atoms with van der Waals surface area (Å²) < 4.78 is 0. The third-order valence-corrected chi connectivity index (χ3v) is 7.58. The van der Waals surface area contributed by atoms with E-state index in [0.29, 0.717) is 18.6 Å². The minimum absolute atomic E-state index is 0.121. The molecule has 3 N–H and O–H groups in total. The highest BCUT2D eigenvalue weighted by Crippen LogP contribution is 2.46. The van der Waals surface area contributed by atoms with Crippen molar-refractivity contribution >= 4 is 46.8 Å². The number of benzene rings is 2. The third kappa shape index (κ3) is 9.02. The highest BCUT2D eigenvalue weighted by Gasteiger charge is 2.21. The molecule has 202 valence electrons. The van der Waals surface area contributed by atoms with Gasteiger partial charge in [-0.25, -0.2) is 9.59 Å². The van der Waals surface area contributed by atoms with Gasteiger partial charge in [0.05, 0.1) is 0 Å². The summed E-state index contributed by atoms with van der Waals surface area (Å²) in [5, 5.41) is 19.1. The molecule has 2 aromatic rings. The Balaban J connectivity index is 0.000000436. The Kier molecular flexibility index (Phi) is 11.4. The summed E-state index contributed by atoms with van der Waals surface area (Å²) in [6, 6.07) is 14.8. The number of fused-ring (bicyclic) bond motifs is 2. The van der Waals surface area contributed by atoms with E-state index in [4.69, 9.17) is 21.8 Å². The minimum atomic E-state index is -1.26. The molecule has 10 heteroatoms. The number of carboxylic acid groups (broad SMARTS) is 2. The predicted octanol–water partition coefficient (Wildman–Crippen LogP) is 4.09. The van der Waals surface area contributed by atoms with E-state index >= 15 is 0 Å². The zero-order chi connectivity index (χ0) is 27.5. The zero-order valence-electron chi connectivity index (χ0n) is 21.2. The van der Waals surface area contributed by atoms with E-state index in [2.05, 4.69) is 57.6 Å². The maximum Gasteiger partial charge on any atom is 0.328 e. The average Bonchev–Trinajstić information content (AvgIpc) is 2.91. The van der Waals surface area contributed by atoms with Gasteiger partial charge in [-0.05, 0) is 47.4 Å². The molecule has 0 unspecified atom stereocenters. The van der Waals surface area contributed by atoms with Crippen LogP contribution in [-0.4, -0.2) is 84.2 Å². The largest absolute Gasteiger partial charge is 0.478 e. The maximum absolute atomic E-state index is 11.4. The number of rotatable bonds is 8. The molecular formula is C28H32ClN3O5S. The molecule has 2 aliphatic rings. The van der Waals surface area contributed by atoms with Gasteiger partial charge < -0.3 is 25.3 Å². The highest BCUT2D eigenvalue weighted by molar-refractivity contribution is 7.99. The number of amides is 1. The van der Waals surface area contributed by atoms with Crippen molar-refractivity contribution in [3.05, 3.63) is 76.8 Å². The van der Waals surface area contributed by atoms with Crippen molar-refractivity contribution in [3.63, 3.8) is 0 Å². The predicted molar refractivity (Wildman–Crippen MR) is 150 cm³/mol. The van der Waals surface area contributed by atoms with E-state index < -0.39 is 11.9 Å². The molecule has 8 nitrogen and oxygen atoms in total. The van der Waals surface area contributed by atoms with Gasteiger partial charge in [0.25, 0.3) is 0 Å². The molecule has 0 aliphatic carbocycles. The lowest BCUT2D eigenvalue weighted by Gasteiger charge is -2.34. The van der Waals surface area contributed by atoms with Crippen LogP contribution in [0.4, 0.5) is 0 Å². The van der Waals surface area contributed by atoms with Gasteiger partial charge in [0.2, 0.25) is 5.91 Å². The lowest BCUT2D eigenvalue weighted by Crippen LogP contribution is -2.47. The van der Waals surface area contributed by atoms with Crippen LogP contribution in [0.5, 0.6) is 0 Å². The molecule has 1 fully saturated rings. The Morgan fingerprint density at radius 2 is 1.53 bits per heavy atom. The lowest BCUT2D eigenvalue weighted by atomic mass is 9.96. The second kappa shape index (κ2) is 14.7. The molecule has 0 atom stereocenters. The zero-order valence-corrected chi connectivity index (χ0v) is 22.8. The number of hydrogen-bond acceptors (Lipinski definition) is 6. The molecule has 0 aromatic heterocycles. The van der Waals surface area contributed by atoms with Gasteiger partial charge in [-0.2, -0.15) is 0 Å². The van der Waals surface area contributed by atoms with Crippen LogP contribution in [0.3, 0.4) is 0 Å². The van der Waals surface area contributed by atoms with Crippen LogP contribution >= 0.6 is 23.4 Å². The van der Waals surface area contributed by atoms with Crippen LogP contribution in [0.15, 0.2) is 70.5 Å². The first-order chi connectivity index (χ1) is 18.3. The van der Waals surface area contributed by atoms with Crippen LogP contribution in [0.1, 0.15) is 24.0 Å². The lowest BCUT2D eigenvalue weighted by molar-refractivity contribution is -0.134. The molecule has 1 amide bonds. The van der Waals surface area contributed by atoms with Gasteiger partial charge in [0.15, 0.2) is 0 Å². The SMILES string of the molecule is CNC(=O)CCN1CCN(CC/C=C2\c3ccccc3Sc3ccc(Cl)cc32)CC1.O=C(O)/C=C\C(=O)O. The van der Waals surface area contributed by atoms with Crippen molar-refractivity contribution in [3.8, 4) is 0 Å². The van der Waals surface area contributed by atoms with Crippen molar-refractivity contribution in [1.82, 2.24) is 15.1 Å². The summed E-state index contributed by atoms with van der Waals surface area (Å²) in [5.74, 6) is -2.39. The van der Waals surface area contributed by atoms with Crippen LogP contribution in [0, 0.1) is 0 Å². The number of carboxylic acids is 2. The molecule has 0 bridgehead atoms. The fraction of sp³-hybridized carbons (Fsp3) is 0.321. The second-order valence-corrected chi connectivity index (χ2v) is 10.3. The Morgan fingerprint density at radius 3 is 2.16 bits per heavy atom. The first-order valence-electron chi connectivity index (χ1n) is 12.3. The topological polar surface area (TPSA) is 110 Å². The van der Waals surface area contributed by atoms with E-state index in [0.717, 1.165) is 50.7 Å². The summed E-state index contributed by atoms with van der Waals surface area (Å²) in [7, 11) is 1.70. The second-order valence-electron chi connectivity index (χ2n) is 8.76. The summed E-state index contributed by atoms with van der Waals surface area (Å²) in [6.45, 7) is 6.09. The third-order valence-electron chi connectivity index (χ3n) is 6.19. The number of halogens is 1. The van der Waals surface area contributed by atoms with Crippen molar-refractivity contribution in [2.45, 2.75) is 22.6 Å². The quantitative estimate of drug-likeness (QED) is 0.355. The van der Waals surface area contributed by atoms with E-state index in [1.54, 1.807) is 7.05 Å². The Labute approximate surface area is 232 Å². The van der Waals surface area contributed by atoms with Gasteiger partial charge in [-0.15, -0.1) is 0 Å². The number of nitrogens with zero attached hydrogens (tertiary/aromatic N) is 2. The summed E-state index contributed by atoms with van der Waals surface area (Å²) in [5.41, 5.74) is 3.84. The molecule has 0 saturated carbocycles. The first-order valence-corrected chi connectivity index (χ1v) is 13.5. The van der Waals surface area contributed by atoms with Crippen molar-refractivity contribution in [1.29, 1.82) is 0 Å². The van der Waals surface area contributed by atoms with Crippen LogP contribution < -0.4 is 5.32 Å². The highest BCUT2D eigenvalue weighted by atomic mass is 35.5. The summed E-state index contributed by atoms with van der Waals surface area (Å²) >= 11 is 8.14. The van der Waals surface area contributed by atoms with Gasteiger partial charge in [0, 0.05) is 79.7 Å². The van der Waals surface area contributed by atoms with E-state index in [1.807, 2.05) is 17.8 Å². The van der Waals surface area contributed by atoms with Crippen LogP contribution in [-0.2, 0) is 14.4 Å². The van der Waals surface area contributed by atoms with E-state index in [1.165, 1.54) is 26.5 Å². The molecule has 4 rings (SSSR count). The van der Waals surface area contributed by atoms with Crippen LogP contribution in [0.2, 0.25) is 5.02 Å². The minimum Gasteiger partial charge on any atom is -0.478 e. The maximum atomic E-state index is 11.4. The summed E-state index contributed by atoms with van der Waals surface area (Å²) in [4.78, 5) is 38.0. The van der Waals surface area contributed by atoms with Crippen molar-refractivity contribution < 1.29 is 24.6 Å². The van der Waals surface area contributed by atoms with Gasteiger partial charge in [-0.1, -0.05) is 47.6 Å². The van der Waals surface area contributed by atoms with Crippen LogP contribution in [0.25, 0.3) is 5.57 Å². The number of nitrogens with one attached hydrogen (secondary N) is 1. The van der Waals surface area contributed by atoms with Gasteiger partial charge >= 0.3 is 11.9 Å². The fourth-order valence-electron chi connectivity index (χ4n) is 4.22. The first kappa shape index (κ1) is 29.4. The molecular weight excluding hydrogens is 526 g/mol. The molecule has 38 heavy (non-hydrogen) atoms. The fourth-order valence-corrected chi connectivity index (χ4v) is 5.48. The molecule has 2 aromatic carbocycles. The normalized spacial score (nSPS) is 16.3. The van der Waals surface area contributed by atoms with E-state index in [9.17, 15) is 14.4 Å². The number of hydrogen-bond donors (Lipinski definition) is 3. The molecule has 0 radical (unpaired) electrons. The monoisotopic (exact) mass is 557 g/mol. The average molecular weight is 558 g/mol. The Hall–Kier alpha value is -3.11. The van der Waals surface area contributed by atoms with E-state index in [-0.39, 0.29) is 5.91 Å². The standard InChI is InChI=1S/C24H28ClN3OS.C4H4O4/c1-26-24(29)10-12-28-15-13-27(14-16-28)11-4-6-19-20-5-2-3-7-22(20)30-23-9-8-18(25)17-21(19)23;5-3(6)1-2-4(7)8/h2-3,5-9,17H,4,10-16H2,1H3,(H,26,29);1-2H,(H,5,6)(H,7,8)/b19-6+;2-1-. The molecule has 2 aliphatic heterocycles. The number of carbonyl (C=O) groups excluding carboxylic acids is 1. The van der Waals surface area contributed by atoms with Crippen molar-refractivity contribution in [2.24, 2.45) is 0 Å². The number of piperazine rings is 1. The smallest absolute Gasteiger partial charge is 0.328 e. The van der Waals surface area contributed by atoms with Crippen molar-refractivity contribution in [2.75, 3.05) is 46.3 Å². The molecule has 2 heterocycles. The number of carbonyl (C=O) groups is 3. The van der Waals surface area contributed by atoms with Gasteiger partial charge in [-0.3, -0.25) is 4.79 Å².